The molecule has 0 saturated carbocycles. The Kier molecular flexibility index (Phi) is 3.62. The first-order valence-electron chi connectivity index (χ1n) is 5.58. The molecule has 0 atom stereocenters. The maximum Gasteiger partial charge on any atom is 0.273 e. The molecule has 5 heteroatoms. The highest BCUT2D eigenvalue weighted by Gasteiger charge is 2.19. The lowest BCUT2D eigenvalue weighted by Crippen LogP contribution is -1.98. The minimum atomic E-state index is -0.388. The average Bonchev–Trinajstić information content (AvgIpc) is 2.81. The smallest absolute Gasteiger partial charge is 0.273 e. The lowest BCUT2D eigenvalue weighted by atomic mass is 10.1. The third-order valence-corrected chi connectivity index (χ3v) is 2.55. The molecular formula is C13H13NO4. The first-order chi connectivity index (χ1) is 8.72. The number of benzene rings is 1. The summed E-state index contributed by atoms with van der Waals surface area (Å²) in [7, 11) is 0. The number of rotatable bonds is 4. The quantitative estimate of drug-likeness (QED) is 0.466. The summed E-state index contributed by atoms with van der Waals surface area (Å²) in [4.78, 5) is 10.6. The summed E-state index contributed by atoms with van der Waals surface area (Å²) in [6.07, 6.45) is 5.82. The van der Waals surface area contributed by atoms with E-state index in [9.17, 15) is 10.1 Å². The van der Waals surface area contributed by atoms with Gasteiger partial charge in [-0.2, -0.15) is 0 Å². The van der Waals surface area contributed by atoms with Crippen LogP contribution in [-0.4, -0.2) is 11.7 Å². The molecule has 0 unspecified atom stereocenters. The van der Waals surface area contributed by atoms with Crippen molar-refractivity contribution < 1.29 is 14.4 Å². The van der Waals surface area contributed by atoms with Gasteiger partial charge in [-0.05, 0) is 37.6 Å². The minimum Gasteiger partial charge on any atom is -0.454 e. The lowest BCUT2D eigenvalue weighted by molar-refractivity contribution is -0.375. The van der Waals surface area contributed by atoms with Crippen molar-refractivity contribution in [3.63, 3.8) is 0 Å². The van der Waals surface area contributed by atoms with Crippen molar-refractivity contribution in [2.75, 3.05) is 6.79 Å². The fraction of sp³-hybridized carbons (Fsp3) is 0.231. The standard InChI is InChI=1S/C13H13NO4/c1-2-3-4-5-11(14(15)16)10-6-7-12-13(8-10)18-9-17-12/h2-3,5-8H,4,9H2,1H3/b3-2?,11-5-. The van der Waals surface area contributed by atoms with Gasteiger partial charge in [0.1, 0.15) is 0 Å². The number of ether oxygens (including phenoxy) is 2. The third-order valence-electron chi connectivity index (χ3n) is 2.55. The molecule has 18 heavy (non-hydrogen) atoms. The molecule has 0 aromatic heterocycles. The van der Waals surface area contributed by atoms with Crippen molar-refractivity contribution >= 4 is 5.70 Å². The zero-order valence-electron chi connectivity index (χ0n) is 9.96. The molecule has 1 heterocycles. The minimum absolute atomic E-state index is 0.0754. The molecule has 0 spiro atoms. The topological polar surface area (TPSA) is 61.6 Å². The van der Waals surface area contributed by atoms with E-state index in [-0.39, 0.29) is 17.4 Å². The van der Waals surface area contributed by atoms with Crippen LogP contribution in [0.2, 0.25) is 0 Å². The Balaban J connectivity index is 2.31. The molecule has 0 amide bonds. The van der Waals surface area contributed by atoms with E-state index in [2.05, 4.69) is 0 Å². The highest BCUT2D eigenvalue weighted by molar-refractivity contribution is 5.63. The van der Waals surface area contributed by atoms with Gasteiger partial charge in [0.25, 0.3) is 5.70 Å². The monoisotopic (exact) mass is 247 g/mol. The fourth-order valence-corrected chi connectivity index (χ4v) is 1.67. The summed E-state index contributed by atoms with van der Waals surface area (Å²) in [5.74, 6) is 1.17. The van der Waals surface area contributed by atoms with Crippen LogP contribution in [0.25, 0.3) is 5.70 Å². The van der Waals surface area contributed by atoms with Crippen molar-refractivity contribution in [2.24, 2.45) is 0 Å². The van der Waals surface area contributed by atoms with Crippen LogP contribution in [-0.2, 0) is 0 Å². The molecule has 0 N–H and O–H groups in total. The number of fused-ring (bicyclic) bond motifs is 1. The molecule has 5 nitrogen and oxygen atoms in total. The SMILES string of the molecule is CC=CC/C=C(/c1ccc2c(c1)OCO2)[N+](=O)[O-]. The number of allylic oxidation sites excluding steroid dienone is 3. The van der Waals surface area contributed by atoms with Gasteiger partial charge in [0, 0.05) is 0 Å². The van der Waals surface area contributed by atoms with Crippen LogP contribution in [0.5, 0.6) is 11.5 Å². The number of hydrogen-bond donors (Lipinski definition) is 0. The summed E-state index contributed by atoms with van der Waals surface area (Å²) in [5, 5.41) is 11.0. The maximum atomic E-state index is 11.0. The van der Waals surface area contributed by atoms with Crippen LogP contribution in [0.15, 0.2) is 36.4 Å². The van der Waals surface area contributed by atoms with Crippen molar-refractivity contribution in [1.29, 1.82) is 0 Å². The molecule has 1 aromatic rings. The Bertz CT molecular complexity index is 520. The van der Waals surface area contributed by atoms with Crippen LogP contribution in [0.1, 0.15) is 18.9 Å². The Morgan fingerprint density at radius 3 is 2.94 bits per heavy atom. The molecule has 0 fully saturated rings. The van der Waals surface area contributed by atoms with Gasteiger partial charge < -0.3 is 9.47 Å². The van der Waals surface area contributed by atoms with Gasteiger partial charge in [-0.3, -0.25) is 10.1 Å². The maximum absolute atomic E-state index is 11.0. The fourth-order valence-electron chi connectivity index (χ4n) is 1.67. The Morgan fingerprint density at radius 1 is 1.44 bits per heavy atom. The summed E-state index contributed by atoms with van der Waals surface area (Å²) >= 11 is 0. The van der Waals surface area contributed by atoms with E-state index in [0.29, 0.717) is 23.5 Å². The molecule has 0 radical (unpaired) electrons. The zero-order valence-corrected chi connectivity index (χ0v) is 9.96. The van der Waals surface area contributed by atoms with Gasteiger partial charge >= 0.3 is 0 Å². The van der Waals surface area contributed by atoms with Crippen LogP contribution >= 0.6 is 0 Å². The van der Waals surface area contributed by atoms with E-state index in [1.165, 1.54) is 0 Å². The van der Waals surface area contributed by atoms with Gasteiger partial charge in [0.05, 0.1) is 10.5 Å². The molecule has 2 rings (SSSR count). The lowest BCUT2D eigenvalue weighted by Gasteiger charge is -2.00. The number of nitro groups is 1. The van der Waals surface area contributed by atoms with Crippen LogP contribution in [0.3, 0.4) is 0 Å². The van der Waals surface area contributed by atoms with E-state index >= 15 is 0 Å². The van der Waals surface area contributed by atoms with Gasteiger partial charge in [-0.25, -0.2) is 0 Å². The summed E-state index contributed by atoms with van der Waals surface area (Å²) in [6.45, 7) is 2.04. The summed E-state index contributed by atoms with van der Waals surface area (Å²) in [5.41, 5.74) is 0.597. The van der Waals surface area contributed by atoms with E-state index < -0.39 is 0 Å². The Morgan fingerprint density at radius 2 is 2.22 bits per heavy atom. The van der Waals surface area contributed by atoms with Crippen LogP contribution in [0, 0.1) is 10.1 Å². The van der Waals surface area contributed by atoms with E-state index in [1.54, 1.807) is 24.3 Å². The van der Waals surface area contributed by atoms with E-state index in [0.717, 1.165) is 0 Å². The Hall–Kier alpha value is -2.30. The molecule has 0 bridgehead atoms. The molecule has 1 aromatic carbocycles. The van der Waals surface area contributed by atoms with Gasteiger partial charge in [-0.1, -0.05) is 12.2 Å². The molecule has 0 aliphatic carbocycles. The molecule has 1 aliphatic heterocycles. The first-order valence-corrected chi connectivity index (χ1v) is 5.58. The predicted molar refractivity (Wildman–Crippen MR) is 67.0 cm³/mol. The van der Waals surface area contributed by atoms with E-state index in [1.807, 2.05) is 19.1 Å². The molecule has 0 saturated heterocycles. The number of nitrogens with zero attached hydrogens (tertiary/aromatic N) is 1. The zero-order chi connectivity index (χ0) is 13.0. The average molecular weight is 247 g/mol. The van der Waals surface area contributed by atoms with Gasteiger partial charge in [0.2, 0.25) is 6.79 Å². The summed E-state index contributed by atoms with van der Waals surface area (Å²) in [6, 6.07) is 4.98. The van der Waals surface area contributed by atoms with Gasteiger partial charge in [0.15, 0.2) is 11.5 Å². The van der Waals surface area contributed by atoms with Crippen LogP contribution < -0.4 is 9.47 Å². The third kappa shape index (κ3) is 2.51. The van der Waals surface area contributed by atoms with Crippen molar-refractivity contribution in [2.45, 2.75) is 13.3 Å². The van der Waals surface area contributed by atoms with E-state index in [4.69, 9.17) is 9.47 Å². The highest BCUT2D eigenvalue weighted by Crippen LogP contribution is 2.34. The second-order valence-electron chi connectivity index (χ2n) is 3.72. The van der Waals surface area contributed by atoms with Crippen LogP contribution in [0.4, 0.5) is 0 Å². The largest absolute Gasteiger partial charge is 0.454 e. The second-order valence-corrected chi connectivity index (χ2v) is 3.72. The molecule has 1 aliphatic rings. The van der Waals surface area contributed by atoms with Gasteiger partial charge in [-0.15, -0.1) is 0 Å². The predicted octanol–water partition coefficient (Wildman–Crippen LogP) is 3.00. The second kappa shape index (κ2) is 5.35. The van der Waals surface area contributed by atoms with Crippen molar-refractivity contribution in [3.8, 4) is 11.5 Å². The Labute approximate surface area is 104 Å². The highest BCUT2D eigenvalue weighted by atomic mass is 16.7. The molecular weight excluding hydrogens is 234 g/mol. The normalized spacial score (nSPS) is 14.2. The number of hydrogen-bond acceptors (Lipinski definition) is 4. The first kappa shape index (κ1) is 12.2. The van der Waals surface area contributed by atoms with Crippen molar-refractivity contribution in [3.05, 3.63) is 52.1 Å². The summed E-state index contributed by atoms with van der Waals surface area (Å²) < 4.78 is 10.4. The van der Waals surface area contributed by atoms with Crippen molar-refractivity contribution in [1.82, 2.24) is 0 Å². The molecule has 94 valence electrons.